The van der Waals surface area contributed by atoms with Crippen molar-refractivity contribution in [3.8, 4) is 11.4 Å². The average Bonchev–Trinajstić information content (AvgIpc) is 3.23. The van der Waals surface area contributed by atoms with Crippen LogP contribution >= 0.6 is 22.7 Å². The zero-order valence-electron chi connectivity index (χ0n) is 11.5. The maximum Gasteiger partial charge on any atom is 0.235 e. The third-order valence-corrected chi connectivity index (χ3v) is 4.81. The first kappa shape index (κ1) is 14.2. The molecule has 4 aromatic rings. The Bertz CT molecular complexity index is 1000. The van der Waals surface area contributed by atoms with Crippen molar-refractivity contribution in [1.82, 2.24) is 19.8 Å². The first-order valence-electron chi connectivity index (χ1n) is 6.60. The lowest BCUT2D eigenvalue weighted by atomic mass is 10.2. The molecule has 0 atom stereocenters. The predicted molar refractivity (Wildman–Crippen MR) is 87.3 cm³/mol. The van der Waals surface area contributed by atoms with Crippen molar-refractivity contribution < 1.29 is 8.78 Å². The van der Waals surface area contributed by atoms with Gasteiger partial charge < -0.3 is 0 Å². The second-order valence-electron chi connectivity index (χ2n) is 4.63. The van der Waals surface area contributed by atoms with E-state index >= 15 is 0 Å². The summed E-state index contributed by atoms with van der Waals surface area (Å²) in [5.74, 6) is -0.917. The molecule has 1 aromatic carbocycles. The van der Waals surface area contributed by atoms with Crippen molar-refractivity contribution in [3.63, 3.8) is 0 Å². The van der Waals surface area contributed by atoms with Crippen LogP contribution in [0.15, 0.2) is 35.7 Å². The van der Waals surface area contributed by atoms with Crippen molar-refractivity contribution in [1.29, 1.82) is 0 Å². The van der Waals surface area contributed by atoms with Gasteiger partial charge in [-0.05, 0) is 41.8 Å². The summed E-state index contributed by atoms with van der Waals surface area (Å²) in [7, 11) is 0. The van der Waals surface area contributed by atoms with E-state index in [0.29, 0.717) is 9.97 Å². The van der Waals surface area contributed by atoms with Crippen LogP contribution in [0.3, 0.4) is 0 Å². The molecule has 3 heterocycles. The van der Waals surface area contributed by atoms with E-state index < -0.39 is 11.6 Å². The molecule has 4 nitrogen and oxygen atoms in total. The lowest BCUT2D eigenvalue weighted by molar-refractivity contribution is 0.601. The third-order valence-electron chi connectivity index (χ3n) is 3.11. The Hall–Kier alpha value is -2.45. The molecule has 0 unspecified atom stereocenters. The molecule has 8 heteroatoms. The molecule has 0 saturated heterocycles. The smallest absolute Gasteiger partial charge is 0.207 e. The van der Waals surface area contributed by atoms with E-state index in [1.807, 2.05) is 29.7 Å². The van der Waals surface area contributed by atoms with E-state index in [2.05, 4.69) is 15.3 Å². The van der Waals surface area contributed by atoms with Gasteiger partial charge in [-0.25, -0.2) is 8.78 Å². The van der Waals surface area contributed by atoms with E-state index in [1.165, 1.54) is 15.9 Å². The third kappa shape index (κ3) is 2.66. The number of nitrogens with zero attached hydrogens (tertiary/aromatic N) is 4. The van der Waals surface area contributed by atoms with Crippen LogP contribution in [0.1, 0.15) is 9.88 Å². The number of fused-ring (bicyclic) bond motifs is 1. The van der Waals surface area contributed by atoms with Crippen LogP contribution in [0.25, 0.3) is 28.5 Å². The number of benzene rings is 1. The quantitative estimate of drug-likeness (QED) is 0.553. The fraction of sp³-hybridized carbons (Fsp3) is 0. The van der Waals surface area contributed by atoms with Gasteiger partial charge in [-0.3, -0.25) is 0 Å². The van der Waals surface area contributed by atoms with Crippen LogP contribution in [0.4, 0.5) is 8.78 Å². The summed E-state index contributed by atoms with van der Waals surface area (Å²) in [5, 5.41) is 14.9. The summed E-state index contributed by atoms with van der Waals surface area (Å²) in [4.78, 5) is 1.63. The Morgan fingerprint density at radius 1 is 1.09 bits per heavy atom. The molecule has 0 fully saturated rings. The van der Waals surface area contributed by atoms with E-state index in [0.717, 1.165) is 23.1 Å². The van der Waals surface area contributed by atoms with Crippen molar-refractivity contribution in [3.05, 3.63) is 57.2 Å². The Morgan fingerprint density at radius 3 is 2.83 bits per heavy atom. The first-order valence-corrected chi connectivity index (χ1v) is 8.29. The van der Waals surface area contributed by atoms with E-state index in [9.17, 15) is 8.78 Å². The molecule has 4 rings (SSSR count). The van der Waals surface area contributed by atoms with Gasteiger partial charge in [0.25, 0.3) is 0 Å². The molecule has 0 bridgehead atoms. The maximum absolute atomic E-state index is 13.9. The molecule has 0 aliphatic carbocycles. The Morgan fingerprint density at radius 2 is 2.00 bits per heavy atom. The van der Waals surface area contributed by atoms with Crippen LogP contribution in [-0.2, 0) is 0 Å². The van der Waals surface area contributed by atoms with Gasteiger partial charge >= 0.3 is 0 Å². The fourth-order valence-electron chi connectivity index (χ4n) is 2.08. The molecule has 23 heavy (non-hydrogen) atoms. The van der Waals surface area contributed by atoms with Crippen molar-refractivity contribution in [2.24, 2.45) is 0 Å². The van der Waals surface area contributed by atoms with Crippen molar-refractivity contribution in [2.45, 2.75) is 0 Å². The van der Waals surface area contributed by atoms with Crippen LogP contribution in [0, 0.1) is 11.6 Å². The second kappa shape index (κ2) is 5.64. The second-order valence-corrected chi connectivity index (χ2v) is 6.60. The maximum atomic E-state index is 13.9. The van der Waals surface area contributed by atoms with Gasteiger partial charge in [0.1, 0.15) is 16.6 Å². The predicted octanol–water partition coefficient (Wildman–Crippen LogP) is 4.36. The van der Waals surface area contributed by atoms with Crippen LogP contribution < -0.4 is 0 Å². The normalized spacial score (nSPS) is 11.7. The minimum absolute atomic E-state index is 0.0385. The average molecular weight is 346 g/mol. The number of thiophene rings is 1. The van der Waals surface area contributed by atoms with Gasteiger partial charge in [0.05, 0.1) is 5.56 Å². The highest BCUT2D eigenvalue weighted by molar-refractivity contribution is 7.17. The molecule has 114 valence electrons. The largest absolute Gasteiger partial charge is 0.235 e. The van der Waals surface area contributed by atoms with Crippen LogP contribution in [-0.4, -0.2) is 19.8 Å². The summed E-state index contributed by atoms with van der Waals surface area (Å²) in [6.07, 6.45) is 3.80. The number of halogens is 2. The first-order chi connectivity index (χ1) is 11.2. The van der Waals surface area contributed by atoms with Crippen molar-refractivity contribution in [2.75, 3.05) is 0 Å². The molecule has 0 radical (unpaired) electrons. The fourth-order valence-corrected chi connectivity index (χ4v) is 3.43. The topological polar surface area (TPSA) is 43.1 Å². The summed E-state index contributed by atoms with van der Waals surface area (Å²) >= 11 is 2.94. The molecule has 0 saturated carbocycles. The zero-order valence-corrected chi connectivity index (χ0v) is 13.1. The summed E-state index contributed by atoms with van der Waals surface area (Å²) < 4.78 is 28.7. The number of aromatic nitrogens is 4. The van der Waals surface area contributed by atoms with Crippen LogP contribution in [0.2, 0.25) is 0 Å². The van der Waals surface area contributed by atoms with Gasteiger partial charge in [0, 0.05) is 4.88 Å². The molecule has 0 N–H and O–H groups in total. The standard InChI is InChI=1S/C15H8F2N4S2/c16-9-3-5-12(17)11(8-9)14-18-19-15-21(14)20-13(23-15)6-4-10-2-1-7-22-10/h1-8H/b6-4+. The summed E-state index contributed by atoms with van der Waals surface area (Å²) in [6, 6.07) is 7.18. The lowest BCUT2D eigenvalue weighted by Crippen LogP contribution is -1.94. The van der Waals surface area contributed by atoms with E-state index in [-0.39, 0.29) is 11.4 Å². The Kier molecular flexibility index (Phi) is 3.47. The monoisotopic (exact) mass is 346 g/mol. The van der Waals surface area contributed by atoms with Gasteiger partial charge in [-0.2, -0.15) is 9.61 Å². The van der Waals surface area contributed by atoms with Gasteiger partial charge in [0.15, 0.2) is 5.82 Å². The highest BCUT2D eigenvalue weighted by atomic mass is 32.1. The van der Waals surface area contributed by atoms with Gasteiger partial charge in [-0.15, -0.1) is 21.5 Å². The molecular weight excluding hydrogens is 338 g/mol. The zero-order chi connectivity index (χ0) is 15.8. The summed E-state index contributed by atoms with van der Waals surface area (Å²) in [5.41, 5.74) is 0.0385. The Balaban J connectivity index is 1.76. The SMILES string of the molecule is Fc1ccc(F)c(-c2nnc3sc(/C=C/c4cccs4)nn23)c1. The number of hydrogen-bond donors (Lipinski definition) is 0. The molecule has 0 spiro atoms. The minimum atomic E-state index is -0.565. The molecule has 0 aliphatic heterocycles. The number of hydrogen-bond acceptors (Lipinski definition) is 5. The van der Waals surface area contributed by atoms with E-state index in [4.69, 9.17) is 0 Å². The summed E-state index contributed by atoms with van der Waals surface area (Å²) in [6.45, 7) is 0. The molecular formula is C15H8F2N4S2. The van der Waals surface area contributed by atoms with Crippen LogP contribution in [0.5, 0.6) is 0 Å². The lowest BCUT2D eigenvalue weighted by Gasteiger charge is -1.99. The molecule has 0 aliphatic rings. The highest BCUT2D eigenvalue weighted by Crippen LogP contribution is 2.25. The highest BCUT2D eigenvalue weighted by Gasteiger charge is 2.16. The number of rotatable bonds is 3. The van der Waals surface area contributed by atoms with Crippen molar-refractivity contribution >= 4 is 39.8 Å². The minimum Gasteiger partial charge on any atom is -0.207 e. The molecule has 0 amide bonds. The Labute approximate surface area is 137 Å². The van der Waals surface area contributed by atoms with E-state index in [1.54, 1.807) is 11.3 Å². The van der Waals surface area contributed by atoms with Gasteiger partial charge in [0.2, 0.25) is 4.96 Å². The molecule has 3 aromatic heterocycles. The van der Waals surface area contributed by atoms with Gasteiger partial charge in [-0.1, -0.05) is 17.4 Å².